The molecule has 2 rings (SSSR count). The molecule has 17 heavy (non-hydrogen) atoms. The largest absolute Gasteiger partial charge is 0.317 e. The highest BCUT2D eigenvalue weighted by molar-refractivity contribution is 5.39. The zero-order valence-corrected chi connectivity index (χ0v) is 11.4. The van der Waals surface area contributed by atoms with Crippen molar-refractivity contribution in [2.75, 3.05) is 7.05 Å². The minimum absolute atomic E-state index is 0.691. The van der Waals surface area contributed by atoms with Crippen molar-refractivity contribution in [3.05, 3.63) is 35.4 Å². The van der Waals surface area contributed by atoms with Gasteiger partial charge in [0.05, 0.1) is 0 Å². The van der Waals surface area contributed by atoms with Gasteiger partial charge in [-0.1, -0.05) is 38.1 Å². The normalized spacial score (nSPS) is 19.9. The molecule has 2 atom stereocenters. The second-order valence-electron chi connectivity index (χ2n) is 5.79. The van der Waals surface area contributed by atoms with Crippen molar-refractivity contribution in [3.8, 4) is 0 Å². The van der Waals surface area contributed by atoms with Crippen molar-refractivity contribution in [2.24, 2.45) is 5.92 Å². The second-order valence-corrected chi connectivity index (χ2v) is 5.79. The molecule has 0 fully saturated rings. The van der Waals surface area contributed by atoms with Crippen LogP contribution in [0, 0.1) is 5.92 Å². The summed E-state index contributed by atoms with van der Waals surface area (Å²) in [6.07, 6.45) is 5.24. The zero-order valence-electron chi connectivity index (χ0n) is 11.4. The molecule has 0 aliphatic heterocycles. The van der Waals surface area contributed by atoms with Crippen LogP contribution >= 0.6 is 0 Å². The number of rotatable bonds is 6. The van der Waals surface area contributed by atoms with Crippen LogP contribution < -0.4 is 5.32 Å². The van der Waals surface area contributed by atoms with Gasteiger partial charge in [-0.3, -0.25) is 0 Å². The Morgan fingerprint density at radius 3 is 2.65 bits per heavy atom. The van der Waals surface area contributed by atoms with E-state index in [9.17, 15) is 0 Å². The summed E-state index contributed by atoms with van der Waals surface area (Å²) < 4.78 is 0. The van der Waals surface area contributed by atoms with Crippen molar-refractivity contribution < 1.29 is 0 Å². The topological polar surface area (TPSA) is 12.0 Å². The molecule has 1 aromatic rings. The van der Waals surface area contributed by atoms with Gasteiger partial charge in [-0.05, 0) is 55.7 Å². The van der Waals surface area contributed by atoms with Crippen molar-refractivity contribution in [3.63, 3.8) is 0 Å². The molecule has 0 spiro atoms. The summed E-state index contributed by atoms with van der Waals surface area (Å²) in [6.45, 7) is 4.62. The van der Waals surface area contributed by atoms with Crippen molar-refractivity contribution >= 4 is 0 Å². The van der Waals surface area contributed by atoms with E-state index in [1.54, 1.807) is 11.1 Å². The maximum atomic E-state index is 3.49. The molecule has 1 nitrogen and oxygen atoms in total. The standard InChI is InChI=1S/C16H25N/c1-12(2)8-9-15(17-3)11-14-10-13-6-4-5-7-16(13)14/h4-7,12,14-15,17H,8-11H2,1-3H3. The first kappa shape index (κ1) is 12.6. The lowest BCUT2D eigenvalue weighted by Gasteiger charge is -2.33. The number of nitrogens with one attached hydrogen (secondary N) is 1. The van der Waals surface area contributed by atoms with Gasteiger partial charge < -0.3 is 5.32 Å². The fourth-order valence-corrected chi connectivity index (χ4v) is 2.83. The van der Waals surface area contributed by atoms with Gasteiger partial charge in [0.1, 0.15) is 0 Å². The van der Waals surface area contributed by atoms with Gasteiger partial charge in [0.15, 0.2) is 0 Å². The molecule has 94 valence electrons. The fourth-order valence-electron chi connectivity index (χ4n) is 2.83. The lowest BCUT2D eigenvalue weighted by atomic mass is 9.74. The molecule has 2 unspecified atom stereocenters. The lowest BCUT2D eigenvalue weighted by Crippen LogP contribution is -2.31. The molecule has 0 heterocycles. The molecule has 0 saturated carbocycles. The van der Waals surface area contributed by atoms with Crippen molar-refractivity contribution in [1.29, 1.82) is 0 Å². The van der Waals surface area contributed by atoms with Crippen LogP contribution in [0.15, 0.2) is 24.3 Å². The maximum Gasteiger partial charge on any atom is 0.00701 e. The zero-order chi connectivity index (χ0) is 12.3. The van der Waals surface area contributed by atoms with Gasteiger partial charge >= 0.3 is 0 Å². The van der Waals surface area contributed by atoms with Gasteiger partial charge in [0.25, 0.3) is 0 Å². The molecule has 0 amide bonds. The Kier molecular flexibility index (Phi) is 4.22. The monoisotopic (exact) mass is 231 g/mol. The molecule has 1 heteroatoms. The summed E-state index contributed by atoms with van der Waals surface area (Å²) >= 11 is 0. The molecular weight excluding hydrogens is 206 g/mol. The Hall–Kier alpha value is -0.820. The Labute approximate surface area is 106 Å². The Morgan fingerprint density at radius 1 is 1.24 bits per heavy atom. The molecule has 0 aromatic heterocycles. The molecule has 1 aromatic carbocycles. The third kappa shape index (κ3) is 3.10. The van der Waals surface area contributed by atoms with E-state index in [-0.39, 0.29) is 0 Å². The number of hydrogen-bond acceptors (Lipinski definition) is 1. The van der Waals surface area contributed by atoms with Gasteiger partial charge in [-0.2, -0.15) is 0 Å². The summed E-state index contributed by atoms with van der Waals surface area (Å²) in [5, 5.41) is 3.49. The summed E-state index contributed by atoms with van der Waals surface area (Å²) in [5.74, 6) is 1.62. The first-order chi connectivity index (χ1) is 8.20. The predicted octanol–water partition coefficient (Wildman–Crippen LogP) is 3.74. The maximum absolute atomic E-state index is 3.49. The van der Waals surface area contributed by atoms with Crippen LogP contribution in [-0.2, 0) is 6.42 Å². The smallest absolute Gasteiger partial charge is 0.00701 e. The van der Waals surface area contributed by atoms with Gasteiger partial charge in [-0.25, -0.2) is 0 Å². The Bertz CT molecular complexity index is 356. The van der Waals surface area contributed by atoms with Crippen LogP contribution in [0.1, 0.15) is 50.2 Å². The van der Waals surface area contributed by atoms with Crippen LogP contribution in [0.3, 0.4) is 0 Å². The first-order valence-corrected chi connectivity index (χ1v) is 6.95. The highest BCUT2D eigenvalue weighted by Crippen LogP contribution is 2.38. The van der Waals surface area contributed by atoms with Crippen LogP contribution in [-0.4, -0.2) is 13.1 Å². The van der Waals surface area contributed by atoms with Crippen LogP contribution in [0.5, 0.6) is 0 Å². The minimum atomic E-state index is 0.691. The van der Waals surface area contributed by atoms with E-state index >= 15 is 0 Å². The number of hydrogen-bond donors (Lipinski definition) is 1. The van der Waals surface area contributed by atoms with E-state index in [2.05, 4.69) is 50.5 Å². The number of benzene rings is 1. The SMILES string of the molecule is CNC(CCC(C)C)CC1Cc2ccccc21. The summed E-state index contributed by atoms with van der Waals surface area (Å²) in [7, 11) is 2.11. The van der Waals surface area contributed by atoms with Gasteiger partial charge in [0, 0.05) is 6.04 Å². The van der Waals surface area contributed by atoms with Crippen molar-refractivity contribution in [2.45, 2.75) is 51.5 Å². The van der Waals surface area contributed by atoms with Crippen LogP contribution in [0.4, 0.5) is 0 Å². The highest BCUT2D eigenvalue weighted by Gasteiger charge is 2.27. The second kappa shape index (κ2) is 5.68. The third-order valence-corrected chi connectivity index (χ3v) is 4.03. The molecule has 1 aliphatic rings. The highest BCUT2D eigenvalue weighted by atomic mass is 14.9. The average molecular weight is 231 g/mol. The Morgan fingerprint density at radius 2 is 2.00 bits per heavy atom. The summed E-state index contributed by atoms with van der Waals surface area (Å²) in [6, 6.07) is 9.60. The van der Waals surface area contributed by atoms with E-state index in [1.165, 1.54) is 25.7 Å². The molecular formula is C16H25N. The minimum Gasteiger partial charge on any atom is -0.317 e. The third-order valence-electron chi connectivity index (χ3n) is 4.03. The molecule has 1 N–H and O–H groups in total. The molecule has 0 saturated heterocycles. The quantitative estimate of drug-likeness (QED) is 0.786. The van der Waals surface area contributed by atoms with E-state index in [0.717, 1.165) is 11.8 Å². The van der Waals surface area contributed by atoms with E-state index in [0.29, 0.717) is 6.04 Å². The summed E-state index contributed by atoms with van der Waals surface area (Å²) in [5.41, 5.74) is 3.16. The predicted molar refractivity (Wildman–Crippen MR) is 74.4 cm³/mol. The number of fused-ring (bicyclic) bond motifs is 1. The fraction of sp³-hybridized carbons (Fsp3) is 0.625. The lowest BCUT2D eigenvalue weighted by molar-refractivity contribution is 0.390. The van der Waals surface area contributed by atoms with Crippen molar-refractivity contribution in [1.82, 2.24) is 5.32 Å². The van der Waals surface area contributed by atoms with Crippen LogP contribution in [0.2, 0.25) is 0 Å². The molecule has 0 bridgehead atoms. The molecule has 0 radical (unpaired) electrons. The van der Waals surface area contributed by atoms with Crippen LogP contribution in [0.25, 0.3) is 0 Å². The molecule has 1 aliphatic carbocycles. The van der Waals surface area contributed by atoms with Gasteiger partial charge in [0.2, 0.25) is 0 Å². The van der Waals surface area contributed by atoms with Gasteiger partial charge in [-0.15, -0.1) is 0 Å². The average Bonchev–Trinajstić information content (AvgIpc) is 2.29. The van der Waals surface area contributed by atoms with E-state index in [4.69, 9.17) is 0 Å². The van der Waals surface area contributed by atoms with E-state index in [1.807, 2.05) is 0 Å². The first-order valence-electron chi connectivity index (χ1n) is 6.95. The van der Waals surface area contributed by atoms with E-state index < -0.39 is 0 Å². The summed E-state index contributed by atoms with van der Waals surface area (Å²) in [4.78, 5) is 0. The Balaban J connectivity index is 1.85.